The van der Waals surface area contributed by atoms with Gasteiger partial charge in [0.2, 0.25) is 0 Å². The van der Waals surface area contributed by atoms with E-state index in [1.807, 2.05) is 31.2 Å². The van der Waals surface area contributed by atoms with Gasteiger partial charge in [-0.2, -0.15) is 0 Å². The van der Waals surface area contributed by atoms with Crippen molar-refractivity contribution in [2.24, 2.45) is 11.8 Å². The minimum absolute atomic E-state index is 0.152. The van der Waals surface area contributed by atoms with Crippen molar-refractivity contribution in [3.8, 4) is 5.75 Å². The third kappa shape index (κ3) is 3.38. The molecule has 0 radical (unpaired) electrons. The molecule has 0 unspecified atom stereocenters. The van der Waals surface area contributed by atoms with E-state index in [4.69, 9.17) is 18.9 Å². The fourth-order valence-corrected chi connectivity index (χ4v) is 6.20. The topological polar surface area (TPSA) is 89.5 Å². The van der Waals surface area contributed by atoms with Crippen molar-refractivity contribution < 1.29 is 28.8 Å². The second-order valence-corrected chi connectivity index (χ2v) is 9.21. The summed E-state index contributed by atoms with van der Waals surface area (Å²) in [6.07, 6.45) is 4.89. The zero-order valence-corrected chi connectivity index (χ0v) is 20.9. The van der Waals surface area contributed by atoms with Crippen molar-refractivity contribution in [1.82, 2.24) is 4.90 Å². The second kappa shape index (κ2) is 9.15. The van der Waals surface area contributed by atoms with Gasteiger partial charge in [-0.1, -0.05) is 19.4 Å². The van der Waals surface area contributed by atoms with Gasteiger partial charge in [0.25, 0.3) is 0 Å². The standard InChI is InChI=1S/C26H36N2O6/c1-7-17-14-28-16(3)13-25(34-8-2)23-20(10-9-11-21(23)32-5)27-26(25,30)22(28)12-18(17)19(15-31-4)24(29)33-6/h9-11,13,15,17-18,22,27,30H,7-8,12,14H2,1-6H3/b19-15+/t17-,18+,22+,25+,26+/m1/s1. The van der Waals surface area contributed by atoms with E-state index in [0.717, 1.165) is 23.4 Å². The number of ether oxygens (including phenoxy) is 4. The first-order chi connectivity index (χ1) is 16.3. The predicted octanol–water partition coefficient (Wildman–Crippen LogP) is 3.38. The number of esters is 1. The Morgan fingerprint density at radius 1 is 1.29 bits per heavy atom. The summed E-state index contributed by atoms with van der Waals surface area (Å²) in [6.45, 7) is 7.18. The zero-order chi connectivity index (χ0) is 24.7. The number of anilines is 1. The highest BCUT2D eigenvalue weighted by atomic mass is 16.5. The van der Waals surface area contributed by atoms with Crippen LogP contribution in [0, 0.1) is 11.8 Å². The molecule has 8 heteroatoms. The number of benzene rings is 1. The molecule has 0 aliphatic carbocycles. The molecule has 4 rings (SSSR count). The molecule has 1 saturated heterocycles. The van der Waals surface area contributed by atoms with E-state index in [1.54, 1.807) is 7.11 Å². The summed E-state index contributed by atoms with van der Waals surface area (Å²) < 4.78 is 22.5. The molecule has 3 heterocycles. The van der Waals surface area contributed by atoms with Gasteiger partial charge in [0.15, 0.2) is 11.3 Å². The van der Waals surface area contributed by atoms with Crippen LogP contribution in [0.1, 0.15) is 39.2 Å². The average molecular weight is 473 g/mol. The SMILES string of the molecule is CCO[C@]12C=C(C)N3C[C@@H](CC)[C@@H](/C(=C\OC)C(=O)OC)C[C@H]3[C@@]1(O)Nc1cccc(OC)c12. The van der Waals surface area contributed by atoms with Gasteiger partial charge in [0.05, 0.1) is 44.8 Å². The molecule has 2 N–H and O–H groups in total. The van der Waals surface area contributed by atoms with Gasteiger partial charge in [0, 0.05) is 30.5 Å². The van der Waals surface area contributed by atoms with Crippen molar-refractivity contribution in [3.05, 3.63) is 47.4 Å². The maximum Gasteiger partial charge on any atom is 0.337 e. The van der Waals surface area contributed by atoms with Crippen LogP contribution in [0.5, 0.6) is 5.75 Å². The van der Waals surface area contributed by atoms with Crippen LogP contribution >= 0.6 is 0 Å². The molecule has 5 atom stereocenters. The van der Waals surface area contributed by atoms with Crippen LogP contribution in [-0.2, 0) is 24.6 Å². The van der Waals surface area contributed by atoms with E-state index >= 15 is 0 Å². The molecule has 0 spiro atoms. The molecule has 0 aromatic heterocycles. The second-order valence-electron chi connectivity index (χ2n) is 9.21. The normalized spacial score (nSPS) is 32.1. The summed E-state index contributed by atoms with van der Waals surface area (Å²) in [5.74, 6) is 0.274. The van der Waals surface area contributed by atoms with Crippen molar-refractivity contribution in [1.29, 1.82) is 0 Å². The Kier molecular flexibility index (Phi) is 6.57. The number of methoxy groups -OCH3 is 3. The summed E-state index contributed by atoms with van der Waals surface area (Å²) in [5.41, 5.74) is 0.449. The van der Waals surface area contributed by atoms with Gasteiger partial charge in [-0.3, -0.25) is 0 Å². The average Bonchev–Trinajstić information content (AvgIpc) is 3.10. The predicted molar refractivity (Wildman–Crippen MR) is 128 cm³/mol. The quantitative estimate of drug-likeness (QED) is 0.355. The van der Waals surface area contributed by atoms with Crippen molar-refractivity contribution in [3.63, 3.8) is 0 Å². The molecule has 1 fully saturated rings. The van der Waals surface area contributed by atoms with Crippen LogP contribution < -0.4 is 10.1 Å². The molecule has 0 amide bonds. The lowest BCUT2D eigenvalue weighted by atomic mass is 9.68. The fraction of sp³-hybridized carbons (Fsp3) is 0.577. The molecule has 3 aliphatic heterocycles. The van der Waals surface area contributed by atoms with Gasteiger partial charge in [-0.25, -0.2) is 4.79 Å². The summed E-state index contributed by atoms with van der Waals surface area (Å²) in [5, 5.41) is 15.9. The number of nitrogens with one attached hydrogen (secondary N) is 1. The number of rotatable bonds is 7. The zero-order valence-electron chi connectivity index (χ0n) is 20.9. The molecule has 1 aromatic rings. The van der Waals surface area contributed by atoms with Gasteiger partial charge in [-0.15, -0.1) is 0 Å². The summed E-state index contributed by atoms with van der Waals surface area (Å²) in [6, 6.07) is 5.34. The van der Waals surface area contributed by atoms with Crippen molar-refractivity contribution in [2.45, 2.75) is 51.0 Å². The van der Waals surface area contributed by atoms with E-state index in [-0.39, 0.29) is 17.9 Å². The number of piperidine rings is 1. The van der Waals surface area contributed by atoms with Crippen LogP contribution in [0.3, 0.4) is 0 Å². The molecular formula is C26H36N2O6. The summed E-state index contributed by atoms with van der Waals surface area (Å²) >= 11 is 0. The van der Waals surface area contributed by atoms with Crippen molar-refractivity contribution in [2.75, 3.05) is 39.8 Å². The Balaban J connectivity index is 1.87. The number of allylic oxidation sites excluding steroid dienone is 1. The number of aliphatic hydroxyl groups is 1. The van der Waals surface area contributed by atoms with Crippen molar-refractivity contribution >= 4 is 11.7 Å². The largest absolute Gasteiger partial charge is 0.504 e. The van der Waals surface area contributed by atoms with Crippen LogP contribution in [0.15, 0.2) is 41.8 Å². The Morgan fingerprint density at radius 2 is 2.06 bits per heavy atom. The Bertz CT molecular complexity index is 1010. The van der Waals surface area contributed by atoms with Crippen LogP contribution in [0.25, 0.3) is 0 Å². The van der Waals surface area contributed by atoms with Gasteiger partial charge in [-0.05, 0) is 44.4 Å². The van der Waals surface area contributed by atoms with Gasteiger partial charge >= 0.3 is 5.97 Å². The van der Waals surface area contributed by atoms with E-state index in [9.17, 15) is 9.90 Å². The number of nitrogens with zero attached hydrogens (tertiary/aromatic N) is 1. The molecule has 0 bridgehead atoms. The van der Waals surface area contributed by atoms with E-state index in [1.165, 1.54) is 20.5 Å². The maximum atomic E-state index is 12.7. The first kappa shape index (κ1) is 24.4. The number of hydrogen-bond donors (Lipinski definition) is 2. The maximum absolute atomic E-state index is 12.7. The number of carbonyl (C=O) groups is 1. The van der Waals surface area contributed by atoms with Crippen LogP contribution in [-0.4, -0.2) is 62.2 Å². The minimum atomic E-state index is -1.48. The highest BCUT2D eigenvalue weighted by Gasteiger charge is 2.67. The summed E-state index contributed by atoms with van der Waals surface area (Å²) in [4.78, 5) is 15.0. The Labute approximate surface area is 201 Å². The smallest absolute Gasteiger partial charge is 0.337 e. The lowest BCUT2D eigenvalue weighted by Crippen LogP contribution is -2.70. The lowest BCUT2D eigenvalue weighted by Gasteiger charge is -2.57. The van der Waals surface area contributed by atoms with Crippen LogP contribution in [0.2, 0.25) is 0 Å². The number of carbonyl (C=O) groups excluding carboxylic acids is 1. The highest BCUT2D eigenvalue weighted by Crippen LogP contribution is 2.59. The molecule has 0 saturated carbocycles. The van der Waals surface area contributed by atoms with Crippen LogP contribution in [0.4, 0.5) is 5.69 Å². The van der Waals surface area contributed by atoms with E-state index < -0.39 is 17.3 Å². The minimum Gasteiger partial charge on any atom is -0.504 e. The van der Waals surface area contributed by atoms with E-state index in [2.05, 4.69) is 24.1 Å². The third-order valence-corrected chi connectivity index (χ3v) is 7.67. The molecular weight excluding hydrogens is 436 g/mol. The molecule has 186 valence electrons. The molecule has 3 aliphatic rings. The molecule has 34 heavy (non-hydrogen) atoms. The van der Waals surface area contributed by atoms with E-state index in [0.29, 0.717) is 30.9 Å². The lowest BCUT2D eigenvalue weighted by molar-refractivity contribution is -0.190. The monoisotopic (exact) mass is 472 g/mol. The fourth-order valence-electron chi connectivity index (χ4n) is 6.20. The number of fused-ring (bicyclic) bond motifs is 5. The molecule has 1 aromatic carbocycles. The van der Waals surface area contributed by atoms with Gasteiger partial charge < -0.3 is 34.3 Å². The highest BCUT2D eigenvalue weighted by molar-refractivity contribution is 5.88. The summed E-state index contributed by atoms with van der Waals surface area (Å²) in [7, 11) is 4.53. The number of hydrogen-bond acceptors (Lipinski definition) is 8. The first-order valence-electron chi connectivity index (χ1n) is 11.9. The van der Waals surface area contributed by atoms with Gasteiger partial charge in [0.1, 0.15) is 5.75 Å². The Hall–Kier alpha value is -2.71. The third-order valence-electron chi connectivity index (χ3n) is 7.67. The first-order valence-corrected chi connectivity index (χ1v) is 11.9. The molecule has 8 nitrogen and oxygen atoms in total. The Morgan fingerprint density at radius 3 is 2.68 bits per heavy atom.